The first-order valence-electron chi connectivity index (χ1n) is 8.21. The predicted octanol–water partition coefficient (Wildman–Crippen LogP) is 1.78. The summed E-state index contributed by atoms with van der Waals surface area (Å²) in [5, 5.41) is 2.25. The number of terminal acetylenes is 1. The Balaban J connectivity index is 2.00. The van der Waals surface area contributed by atoms with Gasteiger partial charge >= 0.3 is 5.97 Å². The molecule has 0 unspecified atom stereocenters. The van der Waals surface area contributed by atoms with Crippen LogP contribution in [0.4, 0.5) is 5.13 Å². The van der Waals surface area contributed by atoms with E-state index in [0.717, 1.165) is 0 Å². The van der Waals surface area contributed by atoms with Gasteiger partial charge in [-0.2, -0.15) is 4.72 Å². The molecule has 1 heterocycles. The fourth-order valence-corrected chi connectivity index (χ4v) is 4.04. The van der Waals surface area contributed by atoms with Gasteiger partial charge in [0, 0.05) is 18.8 Å². The highest BCUT2D eigenvalue weighted by Crippen LogP contribution is 2.21. The number of esters is 1. The van der Waals surface area contributed by atoms with Gasteiger partial charge in [0.2, 0.25) is 15.9 Å². The van der Waals surface area contributed by atoms with Crippen molar-refractivity contribution in [3.63, 3.8) is 0 Å². The van der Waals surface area contributed by atoms with Crippen molar-refractivity contribution in [2.45, 2.75) is 25.3 Å². The van der Waals surface area contributed by atoms with Crippen LogP contribution in [0.15, 0.2) is 34.5 Å². The van der Waals surface area contributed by atoms with Crippen LogP contribution in [0.1, 0.15) is 29.9 Å². The highest BCUT2D eigenvalue weighted by Gasteiger charge is 2.16. The minimum Gasteiger partial charge on any atom is -0.456 e. The van der Waals surface area contributed by atoms with Crippen LogP contribution in [-0.4, -0.2) is 38.4 Å². The lowest BCUT2D eigenvalue weighted by atomic mass is 10.2. The van der Waals surface area contributed by atoms with E-state index in [-0.39, 0.29) is 29.5 Å². The molecule has 8 nitrogen and oxygen atoms in total. The number of amides is 1. The van der Waals surface area contributed by atoms with Crippen LogP contribution in [0.2, 0.25) is 0 Å². The average Bonchev–Trinajstić information content (AvgIpc) is 3.13. The molecule has 28 heavy (non-hydrogen) atoms. The Labute approximate surface area is 167 Å². The van der Waals surface area contributed by atoms with Crippen LogP contribution >= 0.6 is 11.3 Å². The number of hydrogen-bond donors (Lipinski definition) is 1. The third-order valence-electron chi connectivity index (χ3n) is 3.58. The van der Waals surface area contributed by atoms with Gasteiger partial charge in [0.05, 0.1) is 22.7 Å². The van der Waals surface area contributed by atoms with E-state index in [1.807, 2.05) is 6.92 Å². The molecule has 1 aromatic carbocycles. The van der Waals surface area contributed by atoms with Crippen molar-refractivity contribution in [1.29, 1.82) is 0 Å². The number of aromatic nitrogens is 1. The van der Waals surface area contributed by atoms with E-state index in [1.165, 1.54) is 47.4 Å². The normalized spacial score (nSPS) is 10.9. The van der Waals surface area contributed by atoms with Crippen LogP contribution in [0.25, 0.3) is 0 Å². The number of anilines is 1. The largest absolute Gasteiger partial charge is 0.456 e. The van der Waals surface area contributed by atoms with Gasteiger partial charge in [-0.3, -0.25) is 9.69 Å². The Morgan fingerprint density at radius 3 is 2.57 bits per heavy atom. The lowest BCUT2D eigenvalue weighted by Gasteiger charge is -2.14. The number of carbonyl (C=O) groups is 2. The van der Waals surface area contributed by atoms with Crippen molar-refractivity contribution in [1.82, 2.24) is 9.71 Å². The molecule has 2 aromatic rings. The molecular formula is C18H19N3O5S2. The number of carbonyl (C=O) groups excluding carboxylic acids is 2. The fourth-order valence-electron chi connectivity index (χ4n) is 2.19. The average molecular weight is 422 g/mol. The number of nitrogens with zero attached hydrogens (tertiary/aromatic N) is 2. The molecule has 0 atom stereocenters. The molecule has 0 spiro atoms. The molecule has 0 radical (unpaired) electrons. The summed E-state index contributed by atoms with van der Waals surface area (Å²) < 4.78 is 31.3. The molecular weight excluding hydrogens is 402 g/mol. The van der Waals surface area contributed by atoms with Crippen LogP contribution in [0.3, 0.4) is 0 Å². The third kappa shape index (κ3) is 5.39. The third-order valence-corrected chi connectivity index (χ3v) is 5.91. The Morgan fingerprint density at radius 1 is 1.32 bits per heavy atom. The van der Waals surface area contributed by atoms with Gasteiger partial charge < -0.3 is 4.74 Å². The molecule has 0 aliphatic heterocycles. The van der Waals surface area contributed by atoms with Crippen molar-refractivity contribution in [3.05, 3.63) is 40.9 Å². The van der Waals surface area contributed by atoms with Crippen molar-refractivity contribution in [2.75, 3.05) is 18.0 Å². The molecule has 1 N–H and O–H groups in total. The molecule has 0 aliphatic carbocycles. The maximum absolute atomic E-state index is 12.2. The summed E-state index contributed by atoms with van der Waals surface area (Å²) in [5.74, 6) is 1.45. The van der Waals surface area contributed by atoms with E-state index < -0.39 is 16.0 Å². The summed E-state index contributed by atoms with van der Waals surface area (Å²) in [6, 6.07) is 5.30. The zero-order valence-electron chi connectivity index (χ0n) is 15.3. The Bertz CT molecular complexity index is 991. The summed E-state index contributed by atoms with van der Waals surface area (Å²) in [5.41, 5.74) is 0.719. The van der Waals surface area contributed by atoms with Gasteiger partial charge in [0.15, 0.2) is 5.13 Å². The SMILES string of the molecule is C#CCNS(=O)(=O)c1ccc(C(=O)OCc2csc(N(CC)C(C)=O)n2)cc1. The highest BCUT2D eigenvalue weighted by molar-refractivity contribution is 7.89. The number of rotatable bonds is 8. The number of sulfonamides is 1. The molecule has 148 valence electrons. The topological polar surface area (TPSA) is 106 Å². The van der Waals surface area contributed by atoms with Gasteiger partial charge in [-0.1, -0.05) is 5.92 Å². The minimum absolute atomic E-state index is 0.00710. The number of ether oxygens (including phenoxy) is 1. The molecule has 2 rings (SSSR count). The van der Waals surface area contributed by atoms with Crippen LogP contribution < -0.4 is 9.62 Å². The zero-order valence-corrected chi connectivity index (χ0v) is 17.0. The summed E-state index contributed by atoms with van der Waals surface area (Å²) >= 11 is 1.28. The monoisotopic (exact) mass is 421 g/mol. The molecule has 0 fully saturated rings. The minimum atomic E-state index is -3.72. The smallest absolute Gasteiger partial charge is 0.338 e. The van der Waals surface area contributed by atoms with E-state index in [2.05, 4.69) is 15.6 Å². The lowest BCUT2D eigenvalue weighted by molar-refractivity contribution is -0.116. The lowest BCUT2D eigenvalue weighted by Crippen LogP contribution is -2.27. The molecule has 0 saturated carbocycles. The van der Waals surface area contributed by atoms with Crippen molar-refractivity contribution in [3.8, 4) is 12.3 Å². The van der Waals surface area contributed by atoms with Crippen LogP contribution in [0, 0.1) is 12.3 Å². The summed E-state index contributed by atoms with van der Waals surface area (Å²) in [4.78, 5) is 29.5. The van der Waals surface area contributed by atoms with Gasteiger partial charge in [0.25, 0.3) is 0 Å². The van der Waals surface area contributed by atoms with Crippen LogP contribution in [0.5, 0.6) is 0 Å². The van der Waals surface area contributed by atoms with Crippen molar-refractivity contribution < 1.29 is 22.7 Å². The maximum atomic E-state index is 12.2. The Morgan fingerprint density at radius 2 is 2.00 bits per heavy atom. The fraction of sp³-hybridized carbons (Fsp3) is 0.278. The van der Waals surface area contributed by atoms with E-state index in [1.54, 1.807) is 5.38 Å². The molecule has 1 amide bonds. The summed E-state index contributed by atoms with van der Waals surface area (Å²) in [7, 11) is -3.72. The van der Waals surface area contributed by atoms with Crippen molar-refractivity contribution >= 4 is 38.4 Å². The van der Waals surface area contributed by atoms with Crippen LogP contribution in [-0.2, 0) is 26.2 Å². The van der Waals surface area contributed by atoms with E-state index >= 15 is 0 Å². The van der Waals surface area contributed by atoms with E-state index in [9.17, 15) is 18.0 Å². The number of hydrogen-bond acceptors (Lipinski definition) is 7. The maximum Gasteiger partial charge on any atom is 0.338 e. The first-order valence-corrected chi connectivity index (χ1v) is 10.6. The second kappa shape index (κ2) is 9.45. The first kappa shape index (κ1) is 21.6. The standard InChI is InChI=1S/C18H19N3O5S2/c1-4-10-19-28(24,25)16-8-6-14(7-9-16)17(23)26-11-15-12-27-18(20-15)21(5-2)13(3)22/h1,6-9,12,19H,5,10-11H2,2-3H3. The highest BCUT2D eigenvalue weighted by atomic mass is 32.2. The number of thiazole rings is 1. The van der Waals surface area contributed by atoms with Crippen molar-refractivity contribution in [2.24, 2.45) is 0 Å². The molecule has 10 heteroatoms. The molecule has 1 aromatic heterocycles. The Hall–Kier alpha value is -2.74. The number of benzene rings is 1. The second-order valence-corrected chi connectivity index (χ2v) is 8.12. The molecule has 0 saturated heterocycles. The zero-order chi connectivity index (χ0) is 20.7. The summed E-state index contributed by atoms with van der Waals surface area (Å²) in [6.07, 6.45) is 5.04. The quantitative estimate of drug-likeness (QED) is 0.515. The number of nitrogens with one attached hydrogen (secondary N) is 1. The second-order valence-electron chi connectivity index (χ2n) is 5.51. The van der Waals surface area contributed by atoms with Gasteiger partial charge in [-0.15, -0.1) is 17.8 Å². The molecule has 0 bridgehead atoms. The Kier molecular flexibility index (Phi) is 7.28. The van der Waals surface area contributed by atoms with Gasteiger partial charge in [-0.05, 0) is 31.2 Å². The van der Waals surface area contributed by atoms with E-state index in [0.29, 0.717) is 17.4 Å². The van der Waals surface area contributed by atoms with E-state index in [4.69, 9.17) is 11.2 Å². The molecule has 0 aliphatic rings. The predicted molar refractivity (Wildman–Crippen MR) is 105 cm³/mol. The van der Waals surface area contributed by atoms with Gasteiger partial charge in [-0.25, -0.2) is 18.2 Å². The van der Waals surface area contributed by atoms with Gasteiger partial charge in [0.1, 0.15) is 6.61 Å². The first-order chi connectivity index (χ1) is 13.3. The summed E-state index contributed by atoms with van der Waals surface area (Å²) in [6.45, 7) is 3.61.